The van der Waals surface area contributed by atoms with Gasteiger partial charge in [0.25, 0.3) is 0 Å². The van der Waals surface area contributed by atoms with Crippen molar-refractivity contribution in [2.75, 3.05) is 63.3 Å². The van der Waals surface area contributed by atoms with Gasteiger partial charge < -0.3 is 0 Å². The number of amides is 2. The number of rotatable bonds is 14. The van der Waals surface area contributed by atoms with Gasteiger partial charge in [-0.25, -0.2) is 0 Å². The molecule has 0 aliphatic carbocycles. The van der Waals surface area contributed by atoms with E-state index in [1.165, 1.54) is 0 Å². The van der Waals surface area contributed by atoms with E-state index in [2.05, 4.69) is 37.4 Å². The number of nitrogens with one attached hydrogen (secondary N) is 2. The van der Waals surface area contributed by atoms with Gasteiger partial charge in [-0.2, -0.15) is 0 Å². The van der Waals surface area contributed by atoms with Gasteiger partial charge in [-0.15, -0.1) is 0 Å². The summed E-state index contributed by atoms with van der Waals surface area (Å²) in [7, 11) is 0. The zero-order valence-electron chi connectivity index (χ0n) is 19.2. The Morgan fingerprint density at radius 3 is 2.33 bits per heavy atom. The first-order valence-corrected chi connectivity index (χ1v) is 13.7. The van der Waals surface area contributed by atoms with Crippen LogP contribution in [0.1, 0.15) is 34.1 Å². The first-order chi connectivity index (χ1) is 14.4. The van der Waals surface area contributed by atoms with Crippen LogP contribution >= 0.6 is 0 Å². The fraction of sp³-hybridized carbons (Fsp3) is 0.727. The first kappa shape index (κ1) is 27.1. The minimum atomic E-state index is -0.309. The number of hydrogen-bond acceptors (Lipinski definition) is 5. The van der Waals surface area contributed by atoms with Crippen LogP contribution in [0, 0.1) is 0 Å². The molecule has 2 N–H and O–H groups in total. The third-order valence-electron chi connectivity index (χ3n) is 4.92. The number of nitrogens with zero attached hydrogens (tertiary/aromatic N) is 3. The molecule has 0 saturated carbocycles. The van der Waals surface area contributed by atoms with E-state index in [9.17, 15) is 9.59 Å². The Morgan fingerprint density at radius 2 is 1.70 bits per heavy atom. The summed E-state index contributed by atoms with van der Waals surface area (Å²) in [5, 5.41) is 2.85. The zero-order chi connectivity index (χ0) is 22.2. The average molecular weight is 535 g/mol. The Balaban J connectivity index is 2.09. The molecule has 8 heteroatoms. The molecule has 1 fully saturated rings. The molecular formula is C22H41IN5O2-. The van der Waals surface area contributed by atoms with E-state index in [0.717, 1.165) is 69.8 Å². The molecule has 0 aromatic carbocycles. The predicted molar refractivity (Wildman–Crippen MR) is 120 cm³/mol. The van der Waals surface area contributed by atoms with Gasteiger partial charge in [0.2, 0.25) is 0 Å². The number of carbonyl (C=O) groups is 2. The molecule has 0 unspecified atom stereocenters. The van der Waals surface area contributed by atoms with Crippen molar-refractivity contribution in [2.24, 2.45) is 0 Å². The van der Waals surface area contributed by atoms with Crippen LogP contribution in [0.5, 0.6) is 0 Å². The molecule has 0 radical (unpaired) electrons. The van der Waals surface area contributed by atoms with E-state index < -0.39 is 0 Å². The van der Waals surface area contributed by atoms with E-state index in [1.54, 1.807) is 12.2 Å². The molecule has 2 amide bonds. The Bertz CT molecular complexity index is 546. The molecule has 1 rings (SSSR count). The predicted octanol–water partition coefficient (Wildman–Crippen LogP) is -1.91. The Hall–Kier alpha value is -0.970. The SMILES string of the molecule is CCN(C/C=C/C(=O)NC(C)C)CCC[I-]NC(=O)/C=C/CN1CCN(CC)CC1. The third-order valence-corrected chi connectivity index (χ3v) is 7.13. The molecule has 30 heavy (non-hydrogen) atoms. The van der Waals surface area contributed by atoms with Gasteiger partial charge in [-0.1, -0.05) is 0 Å². The molecule has 7 nitrogen and oxygen atoms in total. The molecule has 1 saturated heterocycles. The summed E-state index contributed by atoms with van der Waals surface area (Å²) >= 11 is -0.309. The second kappa shape index (κ2) is 16.7. The van der Waals surface area contributed by atoms with E-state index in [4.69, 9.17) is 0 Å². The number of hydrogen-bond donors (Lipinski definition) is 2. The van der Waals surface area contributed by atoms with Gasteiger partial charge in [-0.3, -0.25) is 0 Å². The number of piperazine rings is 1. The van der Waals surface area contributed by atoms with Crippen molar-refractivity contribution in [3.63, 3.8) is 0 Å². The number of alkyl halides is 1. The molecule has 0 bridgehead atoms. The second-order valence-corrected chi connectivity index (χ2v) is 10.1. The summed E-state index contributed by atoms with van der Waals surface area (Å²) in [5.74, 6) is 0.00680. The molecular weight excluding hydrogens is 493 g/mol. The number of halogens is 1. The van der Waals surface area contributed by atoms with Crippen molar-refractivity contribution in [1.29, 1.82) is 0 Å². The van der Waals surface area contributed by atoms with Crippen LogP contribution in [0.15, 0.2) is 24.3 Å². The van der Waals surface area contributed by atoms with E-state index in [1.807, 2.05) is 26.0 Å². The van der Waals surface area contributed by atoms with Gasteiger partial charge in [0, 0.05) is 0 Å². The molecule has 1 aliphatic heterocycles. The van der Waals surface area contributed by atoms with Crippen molar-refractivity contribution in [2.45, 2.75) is 40.2 Å². The van der Waals surface area contributed by atoms with Gasteiger partial charge in [0.05, 0.1) is 0 Å². The van der Waals surface area contributed by atoms with Crippen molar-refractivity contribution in [1.82, 2.24) is 23.5 Å². The Labute approximate surface area is 193 Å². The zero-order valence-corrected chi connectivity index (χ0v) is 21.4. The van der Waals surface area contributed by atoms with Gasteiger partial charge >= 0.3 is 194 Å². The van der Waals surface area contributed by atoms with Crippen LogP contribution in [0.25, 0.3) is 0 Å². The van der Waals surface area contributed by atoms with Crippen molar-refractivity contribution in [3.05, 3.63) is 24.3 Å². The molecule has 174 valence electrons. The molecule has 0 spiro atoms. The number of carbonyl (C=O) groups excluding carboxylic acids is 2. The molecule has 0 aromatic rings. The van der Waals surface area contributed by atoms with E-state index >= 15 is 0 Å². The molecule has 0 atom stereocenters. The fourth-order valence-corrected chi connectivity index (χ4v) is 4.66. The number of likely N-dealkylation sites (N-methyl/N-ethyl adjacent to an activating group) is 2. The van der Waals surface area contributed by atoms with Gasteiger partial charge in [0.15, 0.2) is 0 Å². The van der Waals surface area contributed by atoms with Crippen LogP contribution in [-0.2, 0) is 9.59 Å². The quantitative estimate of drug-likeness (QED) is 0.0896. The van der Waals surface area contributed by atoms with Crippen molar-refractivity contribution >= 4 is 11.8 Å². The first-order valence-electron chi connectivity index (χ1n) is 11.1. The summed E-state index contributed by atoms with van der Waals surface area (Å²) in [4.78, 5) is 30.7. The average Bonchev–Trinajstić information content (AvgIpc) is 2.72. The molecule has 1 aliphatic rings. The van der Waals surface area contributed by atoms with E-state index in [-0.39, 0.29) is 39.3 Å². The van der Waals surface area contributed by atoms with Crippen LogP contribution in [0.4, 0.5) is 0 Å². The molecule has 0 aromatic heterocycles. The van der Waals surface area contributed by atoms with Crippen LogP contribution < -0.4 is 30.3 Å². The minimum absolute atomic E-state index is 0.0362. The van der Waals surface area contributed by atoms with Gasteiger partial charge in [-0.05, 0) is 0 Å². The van der Waals surface area contributed by atoms with Crippen molar-refractivity contribution in [3.8, 4) is 0 Å². The van der Waals surface area contributed by atoms with Crippen LogP contribution in [0.2, 0.25) is 0 Å². The second-order valence-electron chi connectivity index (χ2n) is 7.73. The summed E-state index contributed by atoms with van der Waals surface area (Å²) in [6.07, 6.45) is 8.29. The summed E-state index contributed by atoms with van der Waals surface area (Å²) in [6.45, 7) is 17.4. The fourth-order valence-electron chi connectivity index (χ4n) is 3.11. The normalized spacial score (nSPS) is 16.3. The van der Waals surface area contributed by atoms with E-state index in [0.29, 0.717) is 0 Å². The summed E-state index contributed by atoms with van der Waals surface area (Å²) in [6, 6.07) is 0.162. The topological polar surface area (TPSA) is 67.9 Å². The Kier molecular flexibility index (Phi) is 15.1. The summed E-state index contributed by atoms with van der Waals surface area (Å²) < 4.78 is 4.14. The van der Waals surface area contributed by atoms with Crippen molar-refractivity contribution < 1.29 is 31.1 Å². The maximum absolute atomic E-state index is 12.0. The monoisotopic (exact) mass is 534 g/mol. The standard InChI is InChI=1S/C22H41IN5O2/c1-5-26(13-7-10-21(29)24-20(3)4)15-9-12-23-25-22(30)11-8-14-28-18-16-27(6-2)17-19-28/h7-8,10-11,20H,5-6,9,12-19H2,1-4H3,(H,24,29)(H,25,30)/q-1/b10-7+,11-8+. The van der Waals surface area contributed by atoms with Crippen LogP contribution in [0.3, 0.4) is 0 Å². The third kappa shape index (κ3) is 13.4. The summed E-state index contributed by atoms with van der Waals surface area (Å²) in [5.41, 5.74) is 0. The molecule has 1 heterocycles. The maximum atomic E-state index is 12.0. The van der Waals surface area contributed by atoms with Crippen LogP contribution in [-0.4, -0.2) is 95.9 Å². The van der Waals surface area contributed by atoms with Gasteiger partial charge in [0.1, 0.15) is 0 Å². The Morgan fingerprint density at radius 1 is 1.03 bits per heavy atom.